The zero-order chi connectivity index (χ0) is 13.8. The lowest BCUT2D eigenvalue weighted by Crippen LogP contribution is -2.41. The molecule has 1 aliphatic carbocycles. The first-order valence-electron chi connectivity index (χ1n) is 7.73. The Kier molecular flexibility index (Phi) is 4.47. The summed E-state index contributed by atoms with van der Waals surface area (Å²) in [4.78, 5) is 11.0. The van der Waals surface area contributed by atoms with E-state index >= 15 is 0 Å². The summed E-state index contributed by atoms with van der Waals surface area (Å²) in [5, 5.41) is 0. The van der Waals surface area contributed by atoms with Gasteiger partial charge in [0.2, 0.25) is 0 Å². The van der Waals surface area contributed by atoms with Crippen molar-refractivity contribution in [1.82, 2.24) is 14.9 Å². The number of rotatable bonds is 3. The van der Waals surface area contributed by atoms with E-state index in [1.54, 1.807) is 12.4 Å². The quantitative estimate of drug-likeness (QED) is 0.915. The van der Waals surface area contributed by atoms with Gasteiger partial charge in [-0.3, -0.25) is 9.88 Å². The first-order chi connectivity index (χ1) is 9.83. The van der Waals surface area contributed by atoms with Gasteiger partial charge in [0.25, 0.3) is 0 Å². The Morgan fingerprint density at radius 1 is 1.20 bits per heavy atom. The zero-order valence-corrected chi connectivity index (χ0v) is 12.0. The zero-order valence-electron chi connectivity index (χ0n) is 12.0. The molecule has 1 atom stereocenters. The van der Waals surface area contributed by atoms with Crippen LogP contribution in [0.25, 0.3) is 0 Å². The molecular formula is C15H24N4O. The maximum atomic E-state index is 5.91. The Bertz CT molecular complexity index is 434. The molecule has 110 valence electrons. The van der Waals surface area contributed by atoms with E-state index in [0.717, 1.165) is 31.3 Å². The maximum Gasteiger partial charge on any atom is 0.147 e. The summed E-state index contributed by atoms with van der Waals surface area (Å²) in [5.74, 6) is 1.36. The van der Waals surface area contributed by atoms with Gasteiger partial charge in [-0.05, 0) is 18.8 Å². The van der Waals surface area contributed by atoms with Crippen molar-refractivity contribution in [3.05, 3.63) is 18.1 Å². The van der Waals surface area contributed by atoms with Crippen LogP contribution in [0.15, 0.2) is 12.4 Å². The van der Waals surface area contributed by atoms with Crippen LogP contribution in [0, 0.1) is 5.92 Å². The lowest BCUT2D eigenvalue weighted by atomic mass is 9.89. The summed E-state index contributed by atoms with van der Waals surface area (Å²) in [7, 11) is 0. The second kappa shape index (κ2) is 6.50. The van der Waals surface area contributed by atoms with Crippen molar-refractivity contribution < 1.29 is 4.74 Å². The molecule has 2 N–H and O–H groups in total. The normalized spacial score (nSPS) is 25.7. The molecule has 0 bridgehead atoms. The molecule has 0 radical (unpaired) electrons. The van der Waals surface area contributed by atoms with Gasteiger partial charge in [-0.25, -0.2) is 4.98 Å². The number of morpholine rings is 1. The fraction of sp³-hybridized carbons (Fsp3) is 0.733. The molecule has 2 heterocycles. The second-order valence-electron chi connectivity index (χ2n) is 5.95. The third-order valence-electron chi connectivity index (χ3n) is 4.45. The number of ether oxygens (including phenoxy) is 1. The van der Waals surface area contributed by atoms with Gasteiger partial charge in [0.15, 0.2) is 0 Å². The SMILES string of the molecule is Nc1nccnc1C1CN(CC2CCCCC2)CCO1. The minimum absolute atomic E-state index is 0.0268. The van der Waals surface area contributed by atoms with E-state index in [1.165, 1.54) is 38.6 Å². The monoisotopic (exact) mass is 276 g/mol. The molecule has 5 heteroatoms. The maximum absolute atomic E-state index is 5.91. The summed E-state index contributed by atoms with van der Waals surface area (Å²) >= 11 is 0. The van der Waals surface area contributed by atoms with Crippen LogP contribution >= 0.6 is 0 Å². The molecule has 2 aliphatic rings. The Balaban J connectivity index is 1.60. The van der Waals surface area contributed by atoms with Gasteiger partial charge in [0.1, 0.15) is 17.6 Å². The van der Waals surface area contributed by atoms with Crippen LogP contribution < -0.4 is 5.73 Å². The number of nitrogen functional groups attached to an aromatic ring is 1. The first kappa shape index (κ1) is 13.8. The number of nitrogens with zero attached hydrogens (tertiary/aromatic N) is 3. The van der Waals surface area contributed by atoms with Crippen molar-refractivity contribution >= 4 is 5.82 Å². The third-order valence-corrected chi connectivity index (χ3v) is 4.45. The molecule has 20 heavy (non-hydrogen) atoms. The molecule has 0 aromatic carbocycles. The molecule has 2 fully saturated rings. The van der Waals surface area contributed by atoms with E-state index in [9.17, 15) is 0 Å². The molecule has 3 rings (SSSR count). The minimum Gasteiger partial charge on any atom is -0.382 e. The van der Waals surface area contributed by atoms with Crippen LogP contribution in [0.4, 0.5) is 5.82 Å². The average Bonchev–Trinajstić information content (AvgIpc) is 2.49. The highest BCUT2D eigenvalue weighted by atomic mass is 16.5. The fourth-order valence-electron chi connectivity index (χ4n) is 3.38. The Morgan fingerprint density at radius 3 is 2.80 bits per heavy atom. The number of hydrogen-bond acceptors (Lipinski definition) is 5. The van der Waals surface area contributed by atoms with E-state index in [1.807, 2.05) is 0 Å². The van der Waals surface area contributed by atoms with Gasteiger partial charge >= 0.3 is 0 Å². The number of aromatic nitrogens is 2. The molecule has 0 spiro atoms. The molecule has 1 aliphatic heterocycles. The third kappa shape index (κ3) is 3.27. The predicted molar refractivity (Wildman–Crippen MR) is 78.2 cm³/mol. The van der Waals surface area contributed by atoms with Crippen LogP contribution in [0.3, 0.4) is 0 Å². The Hall–Kier alpha value is -1.20. The molecule has 1 unspecified atom stereocenters. The highest BCUT2D eigenvalue weighted by Crippen LogP contribution is 2.28. The lowest BCUT2D eigenvalue weighted by Gasteiger charge is -2.35. The fourth-order valence-corrected chi connectivity index (χ4v) is 3.38. The topological polar surface area (TPSA) is 64.3 Å². The number of nitrogens with two attached hydrogens (primary N) is 1. The molecule has 1 aromatic heterocycles. The smallest absolute Gasteiger partial charge is 0.147 e. The molecule has 1 saturated heterocycles. The number of hydrogen-bond donors (Lipinski definition) is 1. The molecular weight excluding hydrogens is 252 g/mol. The first-order valence-corrected chi connectivity index (χ1v) is 7.73. The van der Waals surface area contributed by atoms with Crippen LogP contribution in [-0.2, 0) is 4.74 Å². The molecule has 1 saturated carbocycles. The summed E-state index contributed by atoms with van der Waals surface area (Å²) < 4.78 is 5.84. The summed E-state index contributed by atoms with van der Waals surface area (Å²) in [6, 6.07) is 0. The van der Waals surface area contributed by atoms with E-state index in [4.69, 9.17) is 10.5 Å². The van der Waals surface area contributed by atoms with E-state index < -0.39 is 0 Å². The van der Waals surface area contributed by atoms with Crippen LogP contribution in [0.1, 0.15) is 43.9 Å². The highest BCUT2D eigenvalue weighted by molar-refractivity contribution is 5.35. The van der Waals surface area contributed by atoms with Crippen molar-refractivity contribution in [2.45, 2.75) is 38.2 Å². The summed E-state index contributed by atoms with van der Waals surface area (Å²) in [5.41, 5.74) is 6.70. The van der Waals surface area contributed by atoms with Gasteiger partial charge in [0.05, 0.1) is 6.61 Å². The van der Waals surface area contributed by atoms with Crippen LogP contribution in [-0.4, -0.2) is 41.1 Å². The van der Waals surface area contributed by atoms with Crippen molar-refractivity contribution in [1.29, 1.82) is 0 Å². The van der Waals surface area contributed by atoms with Gasteiger partial charge in [0, 0.05) is 32.0 Å². The van der Waals surface area contributed by atoms with Crippen molar-refractivity contribution in [2.24, 2.45) is 5.92 Å². The Morgan fingerprint density at radius 2 is 2.00 bits per heavy atom. The van der Waals surface area contributed by atoms with Gasteiger partial charge in [-0.2, -0.15) is 0 Å². The molecule has 0 amide bonds. The van der Waals surface area contributed by atoms with Gasteiger partial charge in [-0.15, -0.1) is 0 Å². The largest absolute Gasteiger partial charge is 0.382 e. The van der Waals surface area contributed by atoms with Crippen LogP contribution in [0.5, 0.6) is 0 Å². The summed E-state index contributed by atoms with van der Waals surface area (Å²) in [6.45, 7) is 3.86. The van der Waals surface area contributed by atoms with Gasteiger partial charge < -0.3 is 10.5 Å². The average molecular weight is 276 g/mol. The lowest BCUT2D eigenvalue weighted by molar-refractivity contribution is -0.0377. The van der Waals surface area contributed by atoms with E-state index in [0.29, 0.717) is 5.82 Å². The van der Waals surface area contributed by atoms with Crippen molar-refractivity contribution in [2.75, 3.05) is 32.0 Å². The Labute approximate surface area is 120 Å². The van der Waals surface area contributed by atoms with Crippen molar-refractivity contribution in [3.8, 4) is 0 Å². The number of anilines is 1. The second-order valence-corrected chi connectivity index (χ2v) is 5.95. The minimum atomic E-state index is -0.0268. The highest BCUT2D eigenvalue weighted by Gasteiger charge is 2.27. The van der Waals surface area contributed by atoms with Crippen LogP contribution in [0.2, 0.25) is 0 Å². The molecule has 1 aromatic rings. The predicted octanol–water partition coefficient (Wildman–Crippen LogP) is 2.01. The molecule has 5 nitrogen and oxygen atoms in total. The van der Waals surface area contributed by atoms with Crippen molar-refractivity contribution in [3.63, 3.8) is 0 Å². The standard InChI is InChI=1S/C15H24N4O/c16-15-14(17-6-7-18-15)13-11-19(8-9-20-13)10-12-4-2-1-3-5-12/h6-7,12-13H,1-5,8-11H2,(H2,16,18). The van der Waals surface area contributed by atoms with E-state index in [-0.39, 0.29) is 6.10 Å². The van der Waals surface area contributed by atoms with E-state index in [2.05, 4.69) is 14.9 Å². The van der Waals surface area contributed by atoms with Gasteiger partial charge in [-0.1, -0.05) is 19.3 Å². The summed E-state index contributed by atoms with van der Waals surface area (Å²) in [6.07, 6.45) is 10.3.